The smallest absolute Gasteiger partial charge is 0.306 e. The third-order valence-corrected chi connectivity index (χ3v) is 4.65. The minimum Gasteiger partial charge on any atom is -0.508 e. The van der Waals surface area contributed by atoms with Crippen LogP contribution in [-0.4, -0.2) is 30.0 Å². The summed E-state index contributed by atoms with van der Waals surface area (Å²) in [6.45, 7) is 0.0520. The highest BCUT2D eigenvalue weighted by atomic mass is 16.7. The molecule has 0 radical (unpaired) electrons. The van der Waals surface area contributed by atoms with Gasteiger partial charge < -0.3 is 24.3 Å². The second kappa shape index (κ2) is 6.68. The fourth-order valence-electron chi connectivity index (χ4n) is 3.29. The molecule has 3 aromatic rings. The van der Waals surface area contributed by atoms with Crippen LogP contribution in [0.25, 0.3) is 10.9 Å². The number of methoxy groups -OCH3 is 1. The van der Waals surface area contributed by atoms with E-state index in [-0.39, 0.29) is 24.5 Å². The number of carbonyl (C=O) groups excluding carboxylic acids is 1. The molecule has 2 heterocycles. The summed E-state index contributed by atoms with van der Waals surface area (Å²) >= 11 is 0. The summed E-state index contributed by atoms with van der Waals surface area (Å²) in [6.07, 6.45) is -0.106. The van der Waals surface area contributed by atoms with E-state index in [9.17, 15) is 14.7 Å². The summed E-state index contributed by atoms with van der Waals surface area (Å²) in [7, 11) is 1.28. The summed E-state index contributed by atoms with van der Waals surface area (Å²) in [5.74, 6) is -0.416. The first kappa shape index (κ1) is 17.0. The van der Waals surface area contributed by atoms with E-state index in [0.717, 1.165) is 5.39 Å². The monoisotopic (exact) mass is 367 g/mol. The lowest BCUT2D eigenvalue weighted by atomic mass is 9.87. The fraction of sp³-hybridized carbons (Fsp3) is 0.200. The molecule has 0 aliphatic carbocycles. The molecule has 1 aliphatic rings. The Morgan fingerprint density at radius 2 is 1.93 bits per heavy atom. The summed E-state index contributed by atoms with van der Waals surface area (Å²) in [5, 5.41) is 11.3. The first-order valence-corrected chi connectivity index (χ1v) is 8.38. The first-order valence-electron chi connectivity index (χ1n) is 8.38. The van der Waals surface area contributed by atoms with Gasteiger partial charge in [0.15, 0.2) is 11.5 Å². The molecule has 1 aromatic heterocycles. The zero-order valence-corrected chi connectivity index (χ0v) is 14.5. The van der Waals surface area contributed by atoms with Crippen LogP contribution in [0.3, 0.4) is 0 Å². The largest absolute Gasteiger partial charge is 0.508 e. The molecule has 0 spiro atoms. The average molecular weight is 367 g/mol. The molecule has 0 amide bonds. The van der Waals surface area contributed by atoms with Crippen LogP contribution in [0, 0.1) is 0 Å². The minimum atomic E-state index is -0.708. The summed E-state index contributed by atoms with van der Waals surface area (Å²) in [6, 6.07) is 12.1. The van der Waals surface area contributed by atoms with Gasteiger partial charge in [-0.1, -0.05) is 18.2 Å². The highest BCUT2D eigenvalue weighted by Crippen LogP contribution is 2.42. The Kier molecular flexibility index (Phi) is 4.19. The van der Waals surface area contributed by atoms with E-state index in [1.54, 1.807) is 18.2 Å². The van der Waals surface area contributed by atoms with E-state index in [1.807, 2.05) is 18.2 Å². The third-order valence-electron chi connectivity index (χ3n) is 4.65. The molecular formula is C20H17NO6. The van der Waals surface area contributed by atoms with Crippen molar-refractivity contribution in [2.75, 3.05) is 13.9 Å². The standard InChI is InChI=1S/C20H17NO6/c1-25-19(23)8-12(13-7-17-18(9-16(13)22)27-10-26-17)14-6-11-4-2-3-5-15(11)21-20(14)24/h2-7,9,12,22H,8,10H2,1H3,(H,21,24). The van der Waals surface area contributed by atoms with Crippen molar-refractivity contribution in [3.63, 3.8) is 0 Å². The number of aromatic amines is 1. The van der Waals surface area contributed by atoms with E-state index >= 15 is 0 Å². The van der Waals surface area contributed by atoms with Gasteiger partial charge in [-0.3, -0.25) is 9.59 Å². The molecule has 0 saturated heterocycles. The molecule has 2 N–H and O–H groups in total. The molecule has 138 valence electrons. The van der Waals surface area contributed by atoms with Crippen molar-refractivity contribution in [2.24, 2.45) is 0 Å². The topological polar surface area (TPSA) is 97.8 Å². The quantitative estimate of drug-likeness (QED) is 0.688. The molecule has 4 rings (SSSR count). The van der Waals surface area contributed by atoms with Crippen molar-refractivity contribution in [3.8, 4) is 17.2 Å². The maximum atomic E-state index is 12.7. The number of esters is 1. The van der Waals surface area contributed by atoms with Gasteiger partial charge in [-0.2, -0.15) is 0 Å². The number of nitrogens with one attached hydrogen (secondary N) is 1. The number of carbonyl (C=O) groups is 1. The lowest BCUT2D eigenvalue weighted by Crippen LogP contribution is -2.20. The highest BCUT2D eigenvalue weighted by Gasteiger charge is 2.27. The molecule has 27 heavy (non-hydrogen) atoms. The van der Waals surface area contributed by atoms with Crippen molar-refractivity contribution >= 4 is 16.9 Å². The van der Waals surface area contributed by atoms with Crippen LogP contribution >= 0.6 is 0 Å². The molecule has 2 aromatic carbocycles. The SMILES string of the molecule is COC(=O)CC(c1cc2c(cc1O)OCO2)c1cc2ccccc2[nH]c1=O. The number of aromatic nitrogens is 1. The van der Waals surface area contributed by atoms with Crippen LogP contribution in [0.15, 0.2) is 47.3 Å². The Hall–Kier alpha value is -3.48. The van der Waals surface area contributed by atoms with Crippen LogP contribution in [0.1, 0.15) is 23.5 Å². The lowest BCUT2D eigenvalue weighted by molar-refractivity contribution is -0.140. The maximum absolute atomic E-state index is 12.7. The second-order valence-electron chi connectivity index (χ2n) is 6.24. The molecule has 0 saturated carbocycles. The van der Waals surface area contributed by atoms with Crippen molar-refractivity contribution in [2.45, 2.75) is 12.3 Å². The number of H-pyrrole nitrogens is 1. The number of para-hydroxylation sites is 1. The van der Waals surface area contributed by atoms with Crippen LogP contribution in [0.2, 0.25) is 0 Å². The van der Waals surface area contributed by atoms with Gasteiger partial charge in [-0.25, -0.2) is 0 Å². The highest BCUT2D eigenvalue weighted by molar-refractivity contribution is 5.79. The molecule has 1 atom stereocenters. The van der Waals surface area contributed by atoms with Crippen LogP contribution in [0.4, 0.5) is 0 Å². The van der Waals surface area contributed by atoms with Crippen molar-refractivity contribution in [1.82, 2.24) is 4.98 Å². The summed E-state index contributed by atoms with van der Waals surface area (Å²) in [5.41, 5.74) is 1.11. The van der Waals surface area contributed by atoms with Crippen LogP contribution < -0.4 is 15.0 Å². The Balaban J connectivity index is 1.89. The van der Waals surface area contributed by atoms with Gasteiger partial charge in [0.1, 0.15) is 5.75 Å². The number of hydrogen-bond donors (Lipinski definition) is 2. The van der Waals surface area contributed by atoms with Gasteiger partial charge in [0.2, 0.25) is 6.79 Å². The van der Waals surface area contributed by atoms with E-state index in [2.05, 4.69) is 4.98 Å². The molecule has 7 heteroatoms. The molecule has 7 nitrogen and oxygen atoms in total. The number of fused-ring (bicyclic) bond motifs is 2. The molecule has 1 aliphatic heterocycles. The number of aromatic hydroxyl groups is 1. The molecule has 1 unspecified atom stereocenters. The van der Waals surface area contributed by atoms with E-state index in [1.165, 1.54) is 13.2 Å². The lowest BCUT2D eigenvalue weighted by Gasteiger charge is -2.18. The number of pyridine rings is 1. The maximum Gasteiger partial charge on any atom is 0.306 e. The van der Waals surface area contributed by atoms with Crippen molar-refractivity contribution in [1.29, 1.82) is 0 Å². The zero-order chi connectivity index (χ0) is 19.0. The number of phenolic OH excluding ortho intramolecular Hbond substituents is 1. The predicted octanol–water partition coefficient (Wildman–Crippen LogP) is 2.66. The van der Waals surface area contributed by atoms with Gasteiger partial charge in [0, 0.05) is 28.6 Å². The van der Waals surface area contributed by atoms with Crippen molar-refractivity contribution in [3.05, 3.63) is 63.9 Å². The zero-order valence-electron chi connectivity index (χ0n) is 14.5. The third kappa shape index (κ3) is 3.08. The van der Waals surface area contributed by atoms with Gasteiger partial charge in [-0.05, 0) is 23.6 Å². The fourth-order valence-corrected chi connectivity index (χ4v) is 3.29. The Morgan fingerprint density at radius 1 is 1.19 bits per heavy atom. The number of ether oxygens (including phenoxy) is 3. The Labute approximate surface area is 154 Å². The normalized spacial score (nSPS) is 13.5. The Morgan fingerprint density at radius 3 is 2.70 bits per heavy atom. The molecule has 0 fully saturated rings. The first-order chi connectivity index (χ1) is 13.1. The minimum absolute atomic E-state index is 0.0520. The molecular weight excluding hydrogens is 350 g/mol. The summed E-state index contributed by atoms with van der Waals surface area (Å²) in [4.78, 5) is 27.6. The van der Waals surface area contributed by atoms with Gasteiger partial charge in [-0.15, -0.1) is 0 Å². The number of hydrogen-bond acceptors (Lipinski definition) is 6. The van der Waals surface area contributed by atoms with Crippen LogP contribution in [0.5, 0.6) is 17.2 Å². The van der Waals surface area contributed by atoms with E-state index in [4.69, 9.17) is 14.2 Å². The predicted molar refractivity (Wildman–Crippen MR) is 97.3 cm³/mol. The number of phenols is 1. The molecule has 0 bridgehead atoms. The van der Waals surface area contributed by atoms with Gasteiger partial charge in [0.25, 0.3) is 5.56 Å². The van der Waals surface area contributed by atoms with Crippen LogP contribution in [-0.2, 0) is 9.53 Å². The van der Waals surface area contributed by atoms with Gasteiger partial charge >= 0.3 is 5.97 Å². The average Bonchev–Trinajstić information content (AvgIpc) is 3.12. The number of benzene rings is 2. The summed E-state index contributed by atoms with van der Waals surface area (Å²) < 4.78 is 15.4. The van der Waals surface area contributed by atoms with Gasteiger partial charge in [0.05, 0.1) is 13.5 Å². The van der Waals surface area contributed by atoms with Crippen molar-refractivity contribution < 1.29 is 24.1 Å². The van der Waals surface area contributed by atoms with E-state index in [0.29, 0.717) is 28.1 Å². The Bertz CT molecular complexity index is 1090. The second-order valence-corrected chi connectivity index (χ2v) is 6.24. The number of rotatable bonds is 4. The van der Waals surface area contributed by atoms with E-state index < -0.39 is 11.9 Å².